The Morgan fingerprint density at radius 2 is 2.11 bits per heavy atom. The quantitative estimate of drug-likeness (QED) is 0.862. The average Bonchev–Trinajstić information content (AvgIpc) is 2.39. The highest BCUT2D eigenvalue weighted by Gasteiger charge is 2.21. The molecular formula is C16H24FNS. The van der Waals surface area contributed by atoms with E-state index >= 15 is 0 Å². The first-order valence-corrected chi connectivity index (χ1v) is 8.43. The van der Waals surface area contributed by atoms with Crippen molar-refractivity contribution in [2.45, 2.75) is 39.2 Å². The molecule has 0 amide bonds. The molecule has 1 atom stereocenters. The van der Waals surface area contributed by atoms with Gasteiger partial charge in [-0.2, -0.15) is 11.8 Å². The number of halogens is 1. The lowest BCUT2D eigenvalue weighted by atomic mass is 9.89. The van der Waals surface area contributed by atoms with Gasteiger partial charge in [-0.05, 0) is 73.4 Å². The fraction of sp³-hybridized carbons (Fsp3) is 0.625. The van der Waals surface area contributed by atoms with Crippen LogP contribution in [0.25, 0.3) is 0 Å². The molecule has 1 aliphatic rings. The van der Waals surface area contributed by atoms with Crippen LogP contribution in [0.1, 0.15) is 43.4 Å². The molecule has 0 aliphatic carbocycles. The highest BCUT2D eigenvalue weighted by Crippen LogP contribution is 2.32. The maximum atomic E-state index is 13.2. The second-order valence-electron chi connectivity index (χ2n) is 5.40. The molecule has 1 aliphatic heterocycles. The number of benzene rings is 1. The van der Waals surface area contributed by atoms with E-state index in [4.69, 9.17) is 0 Å². The normalized spacial score (nSPS) is 18.5. The van der Waals surface area contributed by atoms with Gasteiger partial charge in [0.05, 0.1) is 0 Å². The lowest BCUT2D eigenvalue weighted by molar-refractivity contribution is 0.373. The summed E-state index contributed by atoms with van der Waals surface area (Å²) in [5.41, 5.74) is 2.33. The van der Waals surface area contributed by atoms with E-state index in [9.17, 15) is 4.39 Å². The van der Waals surface area contributed by atoms with Crippen LogP contribution in [0.15, 0.2) is 18.2 Å². The van der Waals surface area contributed by atoms with Gasteiger partial charge in [0, 0.05) is 6.04 Å². The molecule has 1 fully saturated rings. The molecule has 1 nitrogen and oxygen atoms in total. The lowest BCUT2D eigenvalue weighted by Crippen LogP contribution is -2.25. The maximum Gasteiger partial charge on any atom is 0.123 e. The zero-order chi connectivity index (χ0) is 13.7. The van der Waals surface area contributed by atoms with E-state index in [0.717, 1.165) is 18.0 Å². The summed E-state index contributed by atoms with van der Waals surface area (Å²) < 4.78 is 13.2. The molecule has 1 unspecified atom stereocenters. The van der Waals surface area contributed by atoms with Crippen LogP contribution in [-0.4, -0.2) is 18.1 Å². The third kappa shape index (κ3) is 4.22. The van der Waals surface area contributed by atoms with Gasteiger partial charge in [-0.25, -0.2) is 4.39 Å². The van der Waals surface area contributed by atoms with Gasteiger partial charge in [0.15, 0.2) is 0 Å². The van der Waals surface area contributed by atoms with Crippen LogP contribution in [0.5, 0.6) is 0 Å². The zero-order valence-corrected chi connectivity index (χ0v) is 12.7. The number of aryl methyl sites for hydroxylation is 1. The Balaban J connectivity index is 2.09. The van der Waals surface area contributed by atoms with Crippen molar-refractivity contribution in [3.8, 4) is 0 Å². The average molecular weight is 281 g/mol. The van der Waals surface area contributed by atoms with Gasteiger partial charge in [0.2, 0.25) is 0 Å². The molecule has 1 aromatic carbocycles. The fourth-order valence-electron chi connectivity index (χ4n) is 2.91. The number of nitrogens with one attached hydrogen (secondary N) is 1. The second kappa shape index (κ2) is 7.30. The molecule has 0 bridgehead atoms. The van der Waals surface area contributed by atoms with Crippen molar-refractivity contribution in [1.29, 1.82) is 0 Å². The molecule has 1 saturated heterocycles. The second-order valence-corrected chi connectivity index (χ2v) is 6.63. The van der Waals surface area contributed by atoms with Gasteiger partial charge >= 0.3 is 0 Å². The number of rotatable bonds is 5. The summed E-state index contributed by atoms with van der Waals surface area (Å²) in [6.07, 6.45) is 3.83. The first-order chi connectivity index (χ1) is 9.20. The van der Waals surface area contributed by atoms with Gasteiger partial charge in [0.25, 0.3) is 0 Å². The Hall–Kier alpha value is -0.540. The lowest BCUT2D eigenvalue weighted by Gasteiger charge is -2.28. The third-order valence-electron chi connectivity index (χ3n) is 3.97. The summed E-state index contributed by atoms with van der Waals surface area (Å²) in [5.74, 6) is 3.28. The van der Waals surface area contributed by atoms with Gasteiger partial charge in [-0.1, -0.05) is 13.0 Å². The molecule has 1 heterocycles. The third-order valence-corrected chi connectivity index (χ3v) is 5.02. The van der Waals surface area contributed by atoms with Crippen molar-refractivity contribution >= 4 is 11.8 Å². The highest BCUT2D eigenvalue weighted by atomic mass is 32.2. The van der Waals surface area contributed by atoms with E-state index < -0.39 is 0 Å². The van der Waals surface area contributed by atoms with Gasteiger partial charge < -0.3 is 5.32 Å². The molecule has 106 valence electrons. The largest absolute Gasteiger partial charge is 0.310 e. The summed E-state index contributed by atoms with van der Waals surface area (Å²) in [6.45, 7) is 5.12. The Morgan fingerprint density at radius 3 is 2.74 bits per heavy atom. The first-order valence-electron chi connectivity index (χ1n) is 7.28. The van der Waals surface area contributed by atoms with Crippen LogP contribution in [0.3, 0.4) is 0 Å². The Bertz CT molecular complexity index is 402. The smallest absolute Gasteiger partial charge is 0.123 e. The predicted octanol–water partition coefficient (Wildman–Crippen LogP) is 4.32. The summed E-state index contributed by atoms with van der Waals surface area (Å²) in [6, 6.07) is 5.56. The van der Waals surface area contributed by atoms with Crippen LogP contribution in [-0.2, 0) is 0 Å². The van der Waals surface area contributed by atoms with Gasteiger partial charge in [-0.3, -0.25) is 0 Å². The van der Waals surface area contributed by atoms with E-state index in [-0.39, 0.29) is 5.82 Å². The molecule has 0 spiro atoms. The number of hydrogen-bond donors (Lipinski definition) is 1. The number of thioether (sulfide) groups is 1. The van der Waals surface area contributed by atoms with Crippen molar-refractivity contribution in [3.63, 3.8) is 0 Å². The summed E-state index contributed by atoms with van der Waals surface area (Å²) in [5, 5.41) is 3.58. The van der Waals surface area contributed by atoms with Crippen LogP contribution in [0.2, 0.25) is 0 Å². The van der Waals surface area contributed by atoms with Crippen LogP contribution >= 0.6 is 11.8 Å². The Morgan fingerprint density at radius 1 is 1.37 bits per heavy atom. The van der Waals surface area contributed by atoms with Gasteiger partial charge in [0.1, 0.15) is 5.82 Å². The van der Waals surface area contributed by atoms with E-state index in [2.05, 4.69) is 24.0 Å². The molecule has 2 rings (SSSR count). The van der Waals surface area contributed by atoms with Crippen molar-refractivity contribution in [3.05, 3.63) is 35.1 Å². The molecule has 1 N–H and O–H groups in total. The molecule has 19 heavy (non-hydrogen) atoms. The standard InChI is InChI=1S/C16H24FNS/c1-3-18-16(11-13-6-8-19-9-7-13)15-5-4-14(17)10-12(15)2/h4-5,10,13,16,18H,3,6-9,11H2,1-2H3. The van der Waals surface area contributed by atoms with Crippen LogP contribution in [0, 0.1) is 18.7 Å². The van der Waals surface area contributed by atoms with E-state index in [1.807, 2.05) is 13.0 Å². The van der Waals surface area contributed by atoms with Crippen molar-refractivity contribution in [1.82, 2.24) is 5.32 Å². The molecule has 0 saturated carbocycles. The molecular weight excluding hydrogens is 257 g/mol. The molecule has 3 heteroatoms. The van der Waals surface area contributed by atoms with Crippen molar-refractivity contribution in [2.24, 2.45) is 5.92 Å². The minimum Gasteiger partial charge on any atom is -0.310 e. The SMILES string of the molecule is CCNC(CC1CCSCC1)c1ccc(F)cc1C. The van der Waals surface area contributed by atoms with E-state index in [0.29, 0.717) is 6.04 Å². The summed E-state index contributed by atoms with van der Waals surface area (Å²) >= 11 is 2.07. The fourth-order valence-corrected chi connectivity index (χ4v) is 4.12. The van der Waals surface area contributed by atoms with E-state index in [1.54, 1.807) is 12.1 Å². The minimum absolute atomic E-state index is 0.134. The van der Waals surface area contributed by atoms with Crippen molar-refractivity contribution in [2.75, 3.05) is 18.1 Å². The Kier molecular flexibility index (Phi) is 5.71. The van der Waals surface area contributed by atoms with Crippen LogP contribution < -0.4 is 5.32 Å². The molecule has 0 radical (unpaired) electrons. The number of hydrogen-bond acceptors (Lipinski definition) is 2. The first kappa shape index (κ1) is 14.9. The zero-order valence-electron chi connectivity index (χ0n) is 11.9. The summed E-state index contributed by atoms with van der Waals surface area (Å²) in [7, 11) is 0. The van der Waals surface area contributed by atoms with Crippen molar-refractivity contribution < 1.29 is 4.39 Å². The Labute approximate surface area is 120 Å². The molecule has 0 aromatic heterocycles. The predicted molar refractivity (Wildman–Crippen MR) is 82.2 cm³/mol. The monoisotopic (exact) mass is 281 g/mol. The topological polar surface area (TPSA) is 12.0 Å². The molecule has 1 aromatic rings. The van der Waals surface area contributed by atoms with E-state index in [1.165, 1.54) is 36.3 Å². The van der Waals surface area contributed by atoms with Gasteiger partial charge in [-0.15, -0.1) is 0 Å². The minimum atomic E-state index is -0.134. The van der Waals surface area contributed by atoms with Crippen LogP contribution in [0.4, 0.5) is 4.39 Å². The maximum absolute atomic E-state index is 13.2. The summed E-state index contributed by atoms with van der Waals surface area (Å²) in [4.78, 5) is 0. The highest BCUT2D eigenvalue weighted by molar-refractivity contribution is 7.99.